The summed E-state index contributed by atoms with van der Waals surface area (Å²) >= 11 is 3.07. The van der Waals surface area contributed by atoms with E-state index in [1.807, 2.05) is 17.5 Å². The number of hydrogen-bond donors (Lipinski definition) is 1. The minimum absolute atomic E-state index is 0.0320. The van der Waals surface area contributed by atoms with Crippen molar-refractivity contribution in [3.63, 3.8) is 0 Å². The Labute approximate surface area is 158 Å². The monoisotopic (exact) mass is 387 g/mol. The molecule has 1 aliphatic heterocycles. The van der Waals surface area contributed by atoms with E-state index in [2.05, 4.69) is 23.3 Å². The lowest BCUT2D eigenvalue weighted by atomic mass is 10.1. The highest BCUT2D eigenvalue weighted by Crippen LogP contribution is 2.31. The molecule has 0 unspecified atom stereocenters. The number of furan rings is 1. The zero-order chi connectivity index (χ0) is 18.1. The van der Waals surface area contributed by atoms with Crippen LogP contribution in [0.1, 0.15) is 17.1 Å². The van der Waals surface area contributed by atoms with E-state index in [9.17, 15) is 9.59 Å². The molecule has 1 fully saturated rings. The molecular weight excluding hydrogens is 370 g/mol. The van der Waals surface area contributed by atoms with Crippen LogP contribution in [0.2, 0.25) is 0 Å². The molecule has 0 radical (unpaired) electrons. The molecule has 0 spiro atoms. The number of anilines is 1. The molecule has 1 N–H and O–H groups in total. The number of amides is 2. The van der Waals surface area contributed by atoms with E-state index in [0.29, 0.717) is 18.2 Å². The lowest BCUT2D eigenvalue weighted by Gasteiger charge is -2.14. The molecule has 1 atom stereocenters. The van der Waals surface area contributed by atoms with Crippen LogP contribution < -0.4 is 5.32 Å². The van der Waals surface area contributed by atoms with Gasteiger partial charge in [-0.25, -0.2) is 4.98 Å². The highest BCUT2D eigenvalue weighted by molar-refractivity contribution is 7.17. The van der Waals surface area contributed by atoms with Crippen molar-refractivity contribution in [2.24, 2.45) is 5.92 Å². The summed E-state index contributed by atoms with van der Waals surface area (Å²) < 4.78 is 5.28. The van der Waals surface area contributed by atoms with Crippen molar-refractivity contribution in [2.45, 2.75) is 19.9 Å². The maximum Gasteiger partial charge on any atom is 0.231 e. The largest absolute Gasteiger partial charge is 0.467 e. The number of nitrogens with zero attached hydrogens (tertiary/aromatic N) is 2. The van der Waals surface area contributed by atoms with Crippen LogP contribution in [0.3, 0.4) is 0 Å². The number of rotatable bonds is 5. The molecular formula is C18H17N3O3S2. The fraction of sp³-hybridized carbons (Fsp3) is 0.278. The lowest BCUT2D eigenvalue weighted by molar-refractivity contribution is -0.128. The van der Waals surface area contributed by atoms with Crippen molar-refractivity contribution in [3.8, 4) is 10.6 Å². The Kier molecular flexibility index (Phi) is 4.60. The Morgan fingerprint density at radius 1 is 1.42 bits per heavy atom. The third-order valence-electron chi connectivity index (χ3n) is 4.24. The van der Waals surface area contributed by atoms with Crippen LogP contribution in [0.25, 0.3) is 10.6 Å². The first kappa shape index (κ1) is 17.0. The summed E-state index contributed by atoms with van der Waals surface area (Å²) in [5, 5.41) is 5.35. The Balaban J connectivity index is 1.38. The lowest BCUT2D eigenvalue weighted by Crippen LogP contribution is -2.27. The Morgan fingerprint density at radius 2 is 2.31 bits per heavy atom. The molecule has 0 aromatic carbocycles. The Hall–Kier alpha value is -2.45. The van der Waals surface area contributed by atoms with Gasteiger partial charge < -0.3 is 14.6 Å². The number of thiophene rings is 1. The highest BCUT2D eigenvalue weighted by Gasteiger charge is 2.35. The first-order valence-corrected chi connectivity index (χ1v) is 9.91. The summed E-state index contributed by atoms with van der Waals surface area (Å²) in [5.41, 5.74) is 0.866. The molecule has 1 saturated heterocycles. The Bertz CT molecular complexity index is 929. The summed E-state index contributed by atoms with van der Waals surface area (Å²) in [7, 11) is 0. The van der Waals surface area contributed by atoms with Crippen LogP contribution in [-0.2, 0) is 16.1 Å². The van der Waals surface area contributed by atoms with Crippen molar-refractivity contribution < 1.29 is 14.0 Å². The zero-order valence-electron chi connectivity index (χ0n) is 14.1. The van der Waals surface area contributed by atoms with Crippen molar-refractivity contribution in [1.82, 2.24) is 9.88 Å². The van der Waals surface area contributed by atoms with E-state index in [1.54, 1.807) is 28.6 Å². The average molecular weight is 387 g/mol. The second-order valence-electron chi connectivity index (χ2n) is 6.19. The molecule has 1 aliphatic rings. The van der Waals surface area contributed by atoms with Gasteiger partial charge in [-0.05, 0) is 31.2 Å². The van der Waals surface area contributed by atoms with Crippen molar-refractivity contribution >= 4 is 39.6 Å². The van der Waals surface area contributed by atoms with E-state index >= 15 is 0 Å². The van der Waals surface area contributed by atoms with Gasteiger partial charge in [0.2, 0.25) is 11.8 Å². The molecule has 6 nitrogen and oxygen atoms in total. The maximum absolute atomic E-state index is 12.5. The van der Waals surface area contributed by atoms with Crippen LogP contribution in [-0.4, -0.2) is 28.2 Å². The minimum atomic E-state index is -0.367. The van der Waals surface area contributed by atoms with E-state index in [1.165, 1.54) is 16.2 Å². The van der Waals surface area contributed by atoms with Gasteiger partial charge in [-0.1, -0.05) is 0 Å². The molecule has 0 bridgehead atoms. The van der Waals surface area contributed by atoms with Gasteiger partial charge in [-0.2, -0.15) is 0 Å². The first-order valence-electron chi connectivity index (χ1n) is 8.22. The SMILES string of the molecule is Cc1ccc(-c2csc(NC(=O)[C@H]3CC(=O)N(Cc4ccco4)C3)n2)s1. The van der Waals surface area contributed by atoms with Crippen LogP contribution >= 0.6 is 22.7 Å². The van der Waals surface area contributed by atoms with Gasteiger partial charge in [-0.3, -0.25) is 9.59 Å². The van der Waals surface area contributed by atoms with Crippen molar-refractivity contribution in [3.05, 3.63) is 46.5 Å². The highest BCUT2D eigenvalue weighted by atomic mass is 32.1. The van der Waals surface area contributed by atoms with Crippen molar-refractivity contribution in [2.75, 3.05) is 11.9 Å². The molecule has 2 amide bonds. The summed E-state index contributed by atoms with van der Waals surface area (Å²) in [6.07, 6.45) is 1.80. The number of hydrogen-bond acceptors (Lipinski definition) is 6. The van der Waals surface area contributed by atoms with E-state index in [-0.39, 0.29) is 24.2 Å². The predicted octanol–water partition coefficient (Wildman–Crippen LogP) is 3.76. The number of likely N-dealkylation sites (tertiary alicyclic amines) is 1. The third kappa shape index (κ3) is 3.56. The number of thiazole rings is 1. The molecule has 3 aromatic heterocycles. The van der Waals surface area contributed by atoms with Gasteiger partial charge >= 0.3 is 0 Å². The molecule has 26 heavy (non-hydrogen) atoms. The topological polar surface area (TPSA) is 75.4 Å². The molecule has 0 aliphatic carbocycles. The Morgan fingerprint density at radius 3 is 3.04 bits per heavy atom. The number of carbonyl (C=O) groups excluding carboxylic acids is 2. The van der Waals surface area contributed by atoms with Crippen LogP contribution in [0, 0.1) is 12.8 Å². The number of aromatic nitrogens is 1. The van der Waals surface area contributed by atoms with Crippen molar-refractivity contribution in [1.29, 1.82) is 0 Å². The summed E-state index contributed by atoms with van der Waals surface area (Å²) in [6.45, 7) is 2.84. The summed E-state index contributed by atoms with van der Waals surface area (Å²) in [5.74, 6) is 0.156. The van der Waals surface area contributed by atoms with Crippen LogP contribution in [0.15, 0.2) is 40.3 Å². The van der Waals surface area contributed by atoms with Gasteiger partial charge in [0.25, 0.3) is 0 Å². The molecule has 8 heteroatoms. The van der Waals surface area contributed by atoms with E-state index in [4.69, 9.17) is 4.42 Å². The second kappa shape index (κ2) is 7.05. The van der Waals surface area contributed by atoms with Crippen LogP contribution in [0.5, 0.6) is 0 Å². The molecule has 134 valence electrons. The van der Waals surface area contributed by atoms with Gasteiger partial charge in [0, 0.05) is 23.2 Å². The van der Waals surface area contributed by atoms with E-state index < -0.39 is 0 Å². The quantitative estimate of drug-likeness (QED) is 0.723. The normalized spacial score (nSPS) is 17.0. The third-order valence-corrected chi connectivity index (χ3v) is 6.02. The predicted molar refractivity (Wildman–Crippen MR) is 101 cm³/mol. The summed E-state index contributed by atoms with van der Waals surface area (Å²) in [4.78, 5) is 33.1. The maximum atomic E-state index is 12.5. The second-order valence-corrected chi connectivity index (χ2v) is 8.34. The van der Waals surface area contributed by atoms with Crippen LogP contribution in [0.4, 0.5) is 5.13 Å². The first-order chi connectivity index (χ1) is 12.6. The fourth-order valence-electron chi connectivity index (χ4n) is 2.92. The molecule has 4 heterocycles. The number of nitrogens with one attached hydrogen (secondary N) is 1. The fourth-order valence-corrected chi connectivity index (χ4v) is 4.53. The molecule has 4 rings (SSSR count). The average Bonchev–Trinajstić information content (AvgIpc) is 3.37. The molecule has 3 aromatic rings. The smallest absolute Gasteiger partial charge is 0.231 e. The summed E-state index contributed by atoms with van der Waals surface area (Å²) in [6, 6.07) is 7.69. The standard InChI is InChI=1S/C18H17N3O3S2/c1-11-4-5-15(26-11)14-10-25-18(19-14)20-17(23)12-7-16(22)21(8-12)9-13-3-2-6-24-13/h2-6,10,12H,7-9H2,1H3,(H,19,20,23)/t12-/m0/s1. The zero-order valence-corrected chi connectivity index (χ0v) is 15.7. The number of carbonyl (C=O) groups is 2. The minimum Gasteiger partial charge on any atom is -0.467 e. The number of aryl methyl sites for hydroxylation is 1. The van der Waals surface area contributed by atoms with Gasteiger partial charge in [0.15, 0.2) is 5.13 Å². The van der Waals surface area contributed by atoms with Gasteiger partial charge in [0.05, 0.1) is 29.3 Å². The van der Waals surface area contributed by atoms with Gasteiger partial charge in [0.1, 0.15) is 5.76 Å². The van der Waals surface area contributed by atoms with E-state index in [0.717, 1.165) is 16.3 Å². The van der Waals surface area contributed by atoms with Gasteiger partial charge in [-0.15, -0.1) is 22.7 Å². The molecule has 0 saturated carbocycles.